The second-order valence-electron chi connectivity index (χ2n) is 5.85. The number of aliphatic hydroxyl groups is 1. The Hall–Kier alpha value is -2.79. The number of nitrogens with one attached hydrogen (secondary N) is 2. The molecule has 1 atom stereocenters. The van der Waals surface area contributed by atoms with E-state index >= 15 is 0 Å². The molecule has 1 heterocycles. The number of nitrogens with zero attached hydrogens (tertiary/aromatic N) is 1. The van der Waals surface area contributed by atoms with Crippen molar-refractivity contribution in [2.24, 2.45) is 4.99 Å². The van der Waals surface area contributed by atoms with E-state index in [4.69, 9.17) is 4.42 Å². The third-order valence-electron chi connectivity index (χ3n) is 4.14. The van der Waals surface area contributed by atoms with Gasteiger partial charge in [-0.15, -0.1) is 0 Å². The molecule has 0 amide bonds. The molecule has 0 aliphatic rings. The molecule has 1 unspecified atom stereocenters. The van der Waals surface area contributed by atoms with Crippen molar-refractivity contribution in [2.75, 3.05) is 20.2 Å². The van der Waals surface area contributed by atoms with Crippen LogP contribution in [0.25, 0.3) is 11.0 Å². The number of guanidine groups is 1. The molecule has 130 valence electrons. The van der Waals surface area contributed by atoms with E-state index < -0.39 is 0 Å². The summed E-state index contributed by atoms with van der Waals surface area (Å²) in [5.41, 5.74) is 1.98. The first-order chi connectivity index (χ1) is 12.3. The van der Waals surface area contributed by atoms with Gasteiger partial charge in [0, 0.05) is 24.9 Å². The second-order valence-corrected chi connectivity index (χ2v) is 5.85. The lowest BCUT2D eigenvalue weighted by atomic mass is 10.0. The Balaban J connectivity index is 1.55. The van der Waals surface area contributed by atoms with Gasteiger partial charge in [-0.1, -0.05) is 48.5 Å². The summed E-state index contributed by atoms with van der Waals surface area (Å²) in [6.45, 7) is 1.22. The summed E-state index contributed by atoms with van der Waals surface area (Å²) >= 11 is 0. The van der Waals surface area contributed by atoms with Crippen LogP contribution in [0.4, 0.5) is 0 Å². The first-order valence-electron chi connectivity index (χ1n) is 8.38. The van der Waals surface area contributed by atoms with Gasteiger partial charge in [-0.05, 0) is 17.7 Å². The summed E-state index contributed by atoms with van der Waals surface area (Å²) in [6.07, 6.45) is 0. The third-order valence-corrected chi connectivity index (χ3v) is 4.14. The molecule has 0 saturated heterocycles. The number of furan rings is 1. The maximum Gasteiger partial charge on any atom is 0.191 e. The van der Waals surface area contributed by atoms with Gasteiger partial charge in [-0.2, -0.15) is 0 Å². The van der Waals surface area contributed by atoms with Gasteiger partial charge in [0.2, 0.25) is 0 Å². The molecule has 0 aliphatic heterocycles. The molecule has 0 fully saturated rings. The van der Waals surface area contributed by atoms with Crippen molar-refractivity contribution < 1.29 is 9.52 Å². The molecule has 25 heavy (non-hydrogen) atoms. The van der Waals surface area contributed by atoms with Crippen LogP contribution in [0.2, 0.25) is 0 Å². The fourth-order valence-corrected chi connectivity index (χ4v) is 2.75. The highest BCUT2D eigenvalue weighted by Gasteiger charge is 2.11. The first kappa shape index (κ1) is 17.0. The van der Waals surface area contributed by atoms with E-state index in [2.05, 4.69) is 15.6 Å². The van der Waals surface area contributed by atoms with Gasteiger partial charge in [0.05, 0.1) is 13.2 Å². The van der Waals surface area contributed by atoms with Crippen LogP contribution in [0.1, 0.15) is 17.2 Å². The number of aliphatic imine (C=N–C) groups is 1. The standard InChI is InChI=1S/C20H23N3O2/c1-21-20(22-12-17(14-24)15-7-3-2-4-8-15)23-13-18-11-16-9-5-6-10-19(16)25-18/h2-11,17,24H,12-14H2,1H3,(H2,21,22,23). The summed E-state index contributed by atoms with van der Waals surface area (Å²) in [5, 5.41) is 17.2. The average Bonchev–Trinajstić information content (AvgIpc) is 3.08. The normalized spacial score (nSPS) is 13.0. The van der Waals surface area contributed by atoms with Crippen LogP contribution in [0.5, 0.6) is 0 Å². The lowest BCUT2D eigenvalue weighted by Crippen LogP contribution is -2.39. The summed E-state index contributed by atoms with van der Waals surface area (Å²) < 4.78 is 5.79. The lowest BCUT2D eigenvalue weighted by Gasteiger charge is -2.17. The summed E-state index contributed by atoms with van der Waals surface area (Å²) in [4.78, 5) is 4.23. The van der Waals surface area contributed by atoms with Gasteiger partial charge in [0.1, 0.15) is 11.3 Å². The largest absolute Gasteiger partial charge is 0.459 e. The van der Waals surface area contributed by atoms with Gasteiger partial charge in [0.15, 0.2) is 5.96 Å². The number of rotatable bonds is 6. The number of aliphatic hydroxyl groups excluding tert-OH is 1. The van der Waals surface area contributed by atoms with Crippen molar-refractivity contribution in [1.29, 1.82) is 0 Å². The highest BCUT2D eigenvalue weighted by atomic mass is 16.3. The molecule has 3 aromatic rings. The molecule has 0 bridgehead atoms. The van der Waals surface area contributed by atoms with Crippen molar-refractivity contribution >= 4 is 16.9 Å². The van der Waals surface area contributed by atoms with E-state index in [1.807, 2.05) is 60.7 Å². The van der Waals surface area contributed by atoms with Gasteiger partial charge in [-0.25, -0.2) is 0 Å². The topological polar surface area (TPSA) is 69.8 Å². The highest BCUT2D eigenvalue weighted by Crippen LogP contribution is 2.18. The smallest absolute Gasteiger partial charge is 0.191 e. The minimum Gasteiger partial charge on any atom is -0.459 e. The average molecular weight is 337 g/mol. The van der Waals surface area contributed by atoms with Gasteiger partial charge < -0.3 is 20.2 Å². The molecular weight excluding hydrogens is 314 g/mol. The molecule has 0 aliphatic carbocycles. The predicted molar refractivity (Wildman–Crippen MR) is 101 cm³/mol. The first-order valence-corrected chi connectivity index (χ1v) is 8.38. The summed E-state index contributed by atoms with van der Waals surface area (Å²) in [6, 6.07) is 19.9. The van der Waals surface area contributed by atoms with Gasteiger partial charge >= 0.3 is 0 Å². The van der Waals surface area contributed by atoms with Gasteiger partial charge in [0.25, 0.3) is 0 Å². The molecule has 1 aromatic heterocycles. The Labute approximate surface area is 147 Å². The molecule has 3 N–H and O–H groups in total. The zero-order chi connectivity index (χ0) is 17.5. The van der Waals surface area contributed by atoms with Crippen molar-refractivity contribution in [1.82, 2.24) is 10.6 Å². The maximum absolute atomic E-state index is 9.64. The Bertz CT molecular complexity index is 794. The number of para-hydroxylation sites is 1. The van der Waals surface area contributed by atoms with Crippen LogP contribution < -0.4 is 10.6 Å². The van der Waals surface area contributed by atoms with Crippen molar-refractivity contribution in [3.8, 4) is 0 Å². The van der Waals surface area contributed by atoms with E-state index in [1.54, 1.807) is 7.05 Å². The Morgan fingerprint density at radius 2 is 1.84 bits per heavy atom. The summed E-state index contributed by atoms with van der Waals surface area (Å²) in [7, 11) is 1.73. The molecule has 0 radical (unpaired) electrons. The number of benzene rings is 2. The Morgan fingerprint density at radius 3 is 2.56 bits per heavy atom. The maximum atomic E-state index is 9.64. The molecule has 5 nitrogen and oxygen atoms in total. The number of hydrogen-bond donors (Lipinski definition) is 3. The molecule has 5 heteroatoms. The van der Waals surface area contributed by atoms with Crippen molar-refractivity contribution in [3.63, 3.8) is 0 Å². The zero-order valence-corrected chi connectivity index (χ0v) is 14.3. The monoisotopic (exact) mass is 337 g/mol. The van der Waals surface area contributed by atoms with Crippen LogP contribution in [0.15, 0.2) is 70.1 Å². The van der Waals surface area contributed by atoms with Gasteiger partial charge in [-0.3, -0.25) is 4.99 Å². The number of hydrogen-bond acceptors (Lipinski definition) is 3. The Kier molecular flexibility index (Phi) is 5.69. The summed E-state index contributed by atoms with van der Waals surface area (Å²) in [5.74, 6) is 1.55. The molecule has 2 aromatic carbocycles. The van der Waals surface area contributed by atoms with E-state index in [-0.39, 0.29) is 12.5 Å². The third kappa shape index (κ3) is 4.39. The quantitative estimate of drug-likeness (QED) is 0.478. The van der Waals surface area contributed by atoms with Crippen LogP contribution in [0.3, 0.4) is 0 Å². The molecule has 0 saturated carbocycles. The predicted octanol–water partition coefficient (Wildman–Crippen LogP) is 2.87. The van der Waals surface area contributed by atoms with E-state index in [0.717, 1.165) is 22.3 Å². The fraction of sp³-hybridized carbons (Fsp3) is 0.250. The van der Waals surface area contributed by atoms with Crippen LogP contribution in [0, 0.1) is 0 Å². The Morgan fingerprint density at radius 1 is 1.08 bits per heavy atom. The van der Waals surface area contributed by atoms with Crippen LogP contribution in [-0.2, 0) is 6.54 Å². The minimum atomic E-state index is 0.0194. The minimum absolute atomic E-state index is 0.0194. The van der Waals surface area contributed by atoms with E-state index in [0.29, 0.717) is 19.0 Å². The fourth-order valence-electron chi connectivity index (χ4n) is 2.75. The SMILES string of the molecule is CN=C(NCc1cc2ccccc2o1)NCC(CO)c1ccccc1. The number of fused-ring (bicyclic) bond motifs is 1. The highest BCUT2D eigenvalue weighted by molar-refractivity contribution is 5.80. The van der Waals surface area contributed by atoms with Crippen LogP contribution in [-0.4, -0.2) is 31.3 Å². The van der Waals surface area contributed by atoms with Crippen molar-refractivity contribution in [3.05, 3.63) is 72.0 Å². The lowest BCUT2D eigenvalue weighted by molar-refractivity contribution is 0.265. The van der Waals surface area contributed by atoms with Crippen molar-refractivity contribution in [2.45, 2.75) is 12.5 Å². The second kappa shape index (κ2) is 8.35. The van der Waals surface area contributed by atoms with Crippen LogP contribution >= 0.6 is 0 Å². The molecule has 3 rings (SSSR count). The molecule has 0 spiro atoms. The van der Waals surface area contributed by atoms with E-state index in [9.17, 15) is 5.11 Å². The molecular formula is C20H23N3O2. The van der Waals surface area contributed by atoms with E-state index in [1.165, 1.54) is 0 Å². The zero-order valence-electron chi connectivity index (χ0n) is 14.3.